The number of nitrogens with one attached hydrogen (secondary N) is 1. The summed E-state index contributed by atoms with van der Waals surface area (Å²) in [5.41, 5.74) is 0.0800. The summed E-state index contributed by atoms with van der Waals surface area (Å²) in [7, 11) is -3.25. The van der Waals surface area contributed by atoms with E-state index in [1.807, 2.05) is 0 Å². The first kappa shape index (κ1) is 17.5. The third kappa shape index (κ3) is 4.31. The van der Waals surface area contributed by atoms with Crippen LogP contribution in [0.5, 0.6) is 0 Å². The Morgan fingerprint density at radius 1 is 1.22 bits per heavy atom. The number of sulfone groups is 1. The SMILES string of the molecule is CCS(=O)(=O)c1ccc(CC(=O)NC2(CC(=O)O)CCC2)cc1. The van der Waals surface area contributed by atoms with Gasteiger partial charge in [-0.25, -0.2) is 8.42 Å². The van der Waals surface area contributed by atoms with Crippen LogP contribution in [0.25, 0.3) is 0 Å². The molecule has 0 aliphatic heterocycles. The van der Waals surface area contributed by atoms with Crippen molar-refractivity contribution in [2.24, 2.45) is 0 Å². The van der Waals surface area contributed by atoms with Crippen molar-refractivity contribution in [1.82, 2.24) is 5.32 Å². The molecule has 0 aromatic heterocycles. The van der Waals surface area contributed by atoms with Gasteiger partial charge in [-0.15, -0.1) is 0 Å². The lowest BCUT2D eigenvalue weighted by Crippen LogP contribution is -2.55. The second-order valence-corrected chi connectivity index (χ2v) is 8.25. The Kier molecular flexibility index (Phi) is 5.09. The fourth-order valence-corrected chi connectivity index (χ4v) is 3.63. The summed E-state index contributed by atoms with van der Waals surface area (Å²) in [5.74, 6) is -1.12. The van der Waals surface area contributed by atoms with Gasteiger partial charge >= 0.3 is 5.97 Å². The standard InChI is InChI=1S/C16H21NO5S/c1-2-23(21,22)13-6-4-12(5-7-13)10-14(18)17-16(8-3-9-16)11-15(19)20/h4-7H,2-3,8-11H2,1H3,(H,17,18)(H,19,20). The summed E-state index contributed by atoms with van der Waals surface area (Å²) in [5, 5.41) is 11.8. The first-order valence-corrected chi connectivity index (χ1v) is 9.26. The molecule has 1 saturated carbocycles. The number of carboxylic acid groups (broad SMARTS) is 1. The maximum atomic E-state index is 12.1. The first-order valence-electron chi connectivity index (χ1n) is 7.61. The predicted molar refractivity (Wildman–Crippen MR) is 84.9 cm³/mol. The highest BCUT2D eigenvalue weighted by atomic mass is 32.2. The average molecular weight is 339 g/mol. The molecule has 0 unspecified atom stereocenters. The topological polar surface area (TPSA) is 101 Å². The molecule has 1 aliphatic rings. The molecule has 0 spiro atoms. The fourth-order valence-electron chi connectivity index (χ4n) is 2.75. The zero-order chi connectivity index (χ0) is 17.1. The van der Waals surface area contributed by atoms with Crippen molar-refractivity contribution in [3.05, 3.63) is 29.8 Å². The fraction of sp³-hybridized carbons (Fsp3) is 0.500. The minimum atomic E-state index is -3.25. The van der Waals surface area contributed by atoms with E-state index in [-0.39, 0.29) is 29.4 Å². The third-order valence-corrected chi connectivity index (χ3v) is 5.98. The van der Waals surface area contributed by atoms with E-state index >= 15 is 0 Å². The van der Waals surface area contributed by atoms with Gasteiger partial charge in [0, 0.05) is 0 Å². The van der Waals surface area contributed by atoms with E-state index in [1.54, 1.807) is 19.1 Å². The van der Waals surface area contributed by atoms with E-state index in [1.165, 1.54) is 12.1 Å². The number of amides is 1. The Bertz CT molecular complexity index is 690. The summed E-state index contributed by atoms with van der Waals surface area (Å²) >= 11 is 0. The molecule has 0 saturated heterocycles. The highest BCUT2D eigenvalue weighted by molar-refractivity contribution is 7.91. The van der Waals surface area contributed by atoms with Crippen LogP contribution in [0.2, 0.25) is 0 Å². The van der Waals surface area contributed by atoms with Crippen LogP contribution >= 0.6 is 0 Å². The molecular formula is C16H21NO5S. The van der Waals surface area contributed by atoms with Gasteiger partial charge in [0.05, 0.1) is 29.0 Å². The summed E-state index contributed by atoms with van der Waals surface area (Å²) in [6.45, 7) is 1.58. The van der Waals surface area contributed by atoms with E-state index in [4.69, 9.17) is 5.11 Å². The molecule has 6 nitrogen and oxygen atoms in total. The van der Waals surface area contributed by atoms with Crippen LogP contribution in [0.15, 0.2) is 29.2 Å². The quantitative estimate of drug-likeness (QED) is 0.785. The molecule has 126 valence electrons. The number of carbonyl (C=O) groups excluding carboxylic acids is 1. The molecule has 1 amide bonds. The molecule has 23 heavy (non-hydrogen) atoms. The van der Waals surface area contributed by atoms with Crippen molar-refractivity contribution in [3.8, 4) is 0 Å². The third-order valence-electron chi connectivity index (χ3n) is 4.23. The number of hydrogen-bond acceptors (Lipinski definition) is 4. The molecule has 0 radical (unpaired) electrons. The van der Waals surface area contributed by atoms with Crippen LogP contribution in [0, 0.1) is 0 Å². The van der Waals surface area contributed by atoms with Gasteiger partial charge in [-0.1, -0.05) is 19.1 Å². The molecule has 1 aromatic rings. The lowest BCUT2D eigenvalue weighted by atomic mass is 9.74. The Labute approximate surface area is 135 Å². The number of hydrogen-bond donors (Lipinski definition) is 2. The van der Waals surface area contributed by atoms with E-state index < -0.39 is 21.3 Å². The smallest absolute Gasteiger partial charge is 0.305 e. The zero-order valence-electron chi connectivity index (χ0n) is 13.0. The van der Waals surface area contributed by atoms with Crippen molar-refractivity contribution >= 4 is 21.7 Å². The molecule has 1 fully saturated rings. The Hall–Kier alpha value is -1.89. The summed E-state index contributed by atoms with van der Waals surface area (Å²) in [6, 6.07) is 6.23. The zero-order valence-corrected chi connectivity index (χ0v) is 13.9. The van der Waals surface area contributed by atoms with E-state index in [2.05, 4.69) is 5.32 Å². The van der Waals surface area contributed by atoms with Gasteiger partial charge in [-0.3, -0.25) is 9.59 Å². The molecule has 0 heterocycles. The van der Waals surface area contributed by atoms with Crippen LogP contribution in [0.1, 0.15) is 38.2 Å². The number of rotatable bonds is 7. The van der Waals surface area contributed by atoms with Crippen molar-refractivity contribution in [2.75, 3.05) is 5.75 Å². The molecule has 1 aliphatic carbocycles. The van der Waals surface area contributed by atoms with Crippen molar-refractivity contribution in [2.45, 2.75) is 49.5 Å². The first-order chi connectivity index (χ1) is 10.8. The number of carboxylic acids is 1. The van der Waals surface area contributed by atoms with Gasteiger partial charge < -0.3 is 10.4 Å². The molecule has 7 heteroatoms. The number of carbonyl (C=O) groups is 2. The van der Waals surface area contributed by atoms with Gasteiger partial charge in [-0.05, 0) is 37.0 Å². The van der Waals surface area contributed by atoms with Crippen molar-refractivity contribution in [3.63, 3.8) is 0 Å². The highest BCUT2D eigenvalue weighted by Crippen LogP contribution is 2.35. The maximum absolute atomic E-state index is 12.1. The minimum absolute atomic E-state index is 0.0323. The van der Waals surface area contributed by atoms with Gasteiger partial charge in [0.25, 0.3) is 0 Å². The molecule has 1 aromatic carbocycles. The molecular weight excluding hydrogens is 318 g/mol. The van der Waals surface area contributed by atoms with Crippen molar-refractivity contribution < 1.29 is 23.1 Å². The minimum Gasteiger partial charge on any atom is -0.481 e. The summed E-state index contributed by atoms with van der Waals surface area (Å²) in [4.78, 5) is 23.3. The Morgan fingerprint density at radius 2 is 1.83 bits per heavy atom. The lowest BCUT2D eigenvalue weighted by Gasteiger charge is -2.41. The Morgan fingerprint density at radius 3 is 2.26 bits per heavy atom. The lowest BCUT2D eigenvalue weighted by molar-refractivity contribution is -0.140. The average Bonchev–Trinajstić information content (AvgIpc) is 2.45. The van der Waals surface area contributed by atoms with Crippen LogP contribution in [0.3, 0.4) is 0 Å². The number of aliphatic carboxylic acids is 1. The maximum Gasteiger partial charge on any atom is 0.305 e. The molecule has 0 atom stereocenters. The van der Waals surface area contributed by atoms with Crippen LogP contribution in [-0.2, 0) is 25.8 Å². The van der Waals surface area contributed by atoms with Gasteiger partial charge in [0.15, 0.2) is 9.84 Å². The highest BCUT2D eigenvalue weighted by Gasteiger charge is 2.40. The monoisotopic (exact) mass is 339 g/mol. The van der Waals surface area contributed by atoms with Crippen molar-refractivity contribution in [1.29, 1.82) is 0 Å². The predicted octanol–water partition coefficient (Wildman–Crippen LogP) is 1.54. The van der Waals surface area contributed by atoms with E-state index in [0.29, 0.717) is 18.4 Å². The Balaban J connectivity index is 1.99. The van der Waals surface area contributed by atoms with E-state index in [0.717, 1.165) is 6.42 Å². The molecule has 2 N–H and O–H groups in total. The molecule has 0 bridgehead atoms. The normalized spacial score (nSPS) is 16.4. The van der Waals surface area contributed by atoms with Crippen LogP contribution < -0.4 is 5.32 Å². The summed E-state index contributed by atoms with van der Waals surface area (Å²) in [6.07, 6.45) is 2.31. The van der Waals surface area contributed by atoms with Gasteiger partial charge in [0.1, 0.15) is 0 Å². The van der Waals surface area contributed by atoms with E-state index in [9.17, 15) is 18.0 Å². The largest absolute Gasteiger partial charge is 0.481 e. The van der Waals surface area contributed by atoms with Crippen LogP contribution in [0.4, 0.5) is 0 Å². The van der Waals surface area contributed by atoms with Gasteiger partial charge in [-0.2, -0.15) is 0 Å². The van der Waals surface area contributed by atoms with Gasteiger partial charge in [0.2, 0.25) is 5.91 Å². The second kappa shape index (κ2) is 6.70. The molecule has 2 rings (SSSR count). The van der Waals surface area contributed by atoms with Crippen LogP contribution in [-0.4, -0.2) is 36.7 Å². The number of benzene rings is 1. The second-order valence-electron chi connectivity index (χ2n) is 5.98. The summed E-state index contributed by atoms with van der Waals surface area (Å²) < 4.78 is 23.5.